The van der Waals surface area contributed by atoms with Crippen molar-refractivity contribution in [3.05, 3.63) is 42.3 Å². The fourth-order valence-electron chi connectivity index (χ4n) is 3.16. The minimum absolute atomic E-state index is 0.0172. The Morgan fingerprint density at radius 3 is 2.70 bits per heavy atom. The third kappa shape index (κ3) is 5.21. The SMILES string of the molecule is CN(c1ccc(-c2ccc(N3C[C@H](CO[P+](O)(O)O)OC3=O)cc2F)cn1)c1nnn(C)n1. The van der Waals surface area contributed by atoms with Crippen LogP contribution in [0.5, 0.6) is 0 Å². The largest absolute Gasteiger partial charge is 0.567 e. The molecule has 1 saturated heterocycles. The highest BCUT2D eigenvalue weighted by Gasteiger charge is 2.39. The highest BCUT2D eigenvalue weighted by molar-refractivity contribution is 7.53. The van der Waals surface area contributed by atoms with Crippen molar-refractivity contribution >= 4 is 31.7 Å². The molecular weight excluding hydrogens is 460 g/mol. The third-order valence-corrected chi connectivity index (χ3v) is 5.27. The zero-order chi connectivity index (χ0) is 23.8. The average Bonchev–Trinajstić information content (AvgIpc) is 3.37. The van der Waals surface area contributed by atoms with Crippen molar-refractivity contribution in [3.63, 3.8) is 0 Å². The van der Waals surface area contributed by atoms with Crippen LogP contribution in [-0.2, 0) is 16.3 Å². The molecule has 33 heavy (non-hydrogen) atoms. The molecule has 13 nitrogen and oxygen atoms in total. The van der Waals surface area contributed by atoms with Crippen LogP contribution in [0.1, 0.15) is 0 Å². The fraction of sp³-hybridized carbons (Fsp3) is 0.278. The van der Waals surface area contributed by atoms with Crippen LogP contribution in [0.4, 0.5) is 26.6 Å². The Bertz CT molecular complexity index is 1160. The number of hydrogen-bond donors (Lipinski definition) is 3. The number of aromatic nitrogens is 5. The molecule has 1 amide bonds. The molecule has 4 rings (SSSR count). The van der Waals surface area contributed by atoms with Crippen molar-refractivity contribution in [2.75, 3.05) is 30.0 Å². The number of anilines is 3. The molecule has 0 unspecified atom stereocenters. The Hall–Kier alpha value is -3.29. The van der Waals surface area contributed by atoms with E-state index in [2.05, 4.69) is 24.9 Å². The van der Waals surface area contributed by atoms with Crippen LogP contribution in [0.15, 0.2) is 36.5 Å². The van der Waals surface area contributed by atoms with E-state index in [-0.39, 0.29) is 17.8 Å². The van der Waals surface area contributed by atoms with Crippen LogP contribution in [0.25, 0.3) is 11.1 Å². The maximum absolute atomic E-state index is 14.9. The number of rotatable bonds is 7. The normalized spacial score (nSPS) is 16.2. The topological polar surface area (TPSA) is 159 Å². The first kappa shape index (κ1) is 22.9. The van der Waals surface area contributed by atoms with Crippen LogP contribution in [0, 0.1) is 5.82 Å². The highest BCUT2D eigenvalue weighted by atomic mass is 31.2. The number of ether oxygens (including phenoxy) is 1. The van der Waals surface area contributed by atoms with E-state index in [0.29, 0.717) is 17.3 Å². The second-order valence-corrected chi connectivity index (χ2v) is 8.42. The van der Waals surface area contributed by atoms with Gasteiger partial charge in [0.25, 0.3) is 5.95 Å². The van der Waals surface area contributed by atoms with Crippen molar-refractivity contribution in [2.24, 2.45) is 7.05 Å². The standard InChI is InChI=1S/C18H20FN7O6P/c1-24(17-21-23-25(2)22-17)16-6-3-11(8-20-16)14-5-4-12(7-15(14)19)26-9-13(32-18(26)27)10-31-33(28,29)30/h3-8,13,28-30H,9-10H2,1-2H3/q+1/t13-/m1/s1. The summed E-state index contributed by atoms with van der Waals surface area (Å²) in [6.07, 6.45) is -0.102. The van der Waals surface area contributed by atoms with Gasteiger partial charge in [-0.3, -0.25) is 9.80 Å². The van der Waals surface area contributed by atoms with Gasteiger partial charge in [0.1, 0.15) is 24.3 Å². The van der Waals surface area contributed by atoms with Gasteiger partial charge in [-0.25, -0.2) is 14.2 Å². The number of nitrogens with zero attached hydrogens (tertiary/aromatic N) is 7. The predicted molar refractivity (Wildman–Crippen MR) is 114 cm³/mol. The molecule has 15 heteroatoms. The van der Waals surface area contributed by atoms with E-state index in [4.69, 9.17) is 19.4 Å². The number of aryl methyl sites for hydroxylation is 1. The summed E-state index contributed by atoms with van der Waals surface area (Å²) in [6.45, 7) is -0.437. The zero-order valence-corrected chi connectivity index (χ0v) is 18.4. The van der Waals surface area contributed by atoms with Crippen LogP contribution in [-0.4, -0.2) is 72.3 Å². The predicted octanol–water partition coefficient (Wildman–Crippen LogP) is 1.18. The van der Waals surface area contributed by atoms with Gasteiger partial charge in [0.05, 0.1) is 19.3 Å². The molecule has 0 saturated carbocycles. The Labute approximate surface area is 187 Å². The number of halogens is 1. The molecule has 0 bridgehead atoms. The molecule has 1 atom stereocenters. The molecule has 0 spiro atoms. The maximum Gasteiger partial charge on any atom is 0.567 e. The second kappa shape index (κ2) is 8.92. The minimum Gasteiger partial charge on any atom is -0.441 e. The lowest BCUT2D eigenvalue weighted by atomic mass is 10.1. The third-order valence-electron chi connectivity index (χ3n) is 4.77. The molecule has 1 fully saturated rings. The Kier molecular flexibility index (Phi) is 6.19. The summed E-state index contributed by atoms with van der Waals surface area (Å²) in [7, 11) is -1.07. The summed E-state index contributed by atoms with van der Waals surface area (Å²) >= 11 is 0. The Balaban J connectivity index is 1.47. The number of hydrogen-bond acceptors (Lipinski definition) is 11. The summed E-state index contributed by atoms with van der Waals surface area (Å²) in [5, 5.41) is 11.8. The molecule has 3 aromatic rings. The van der Waals surface area contributed by atoms with Crippen LogP contribution in [0.2, 0.25) is 0 Å². The van der Waals surface area contributed by atoms with Gasteiger partial charge in [0.2, 0.25) is 0 Å². The highest BCUT2D eigenvalue weighted by Crippen LogP contribution is 2.46. The van der Waals surface area contributed by atoms with E-state index in [1.54, 1.807) is 37.2 Å². The molecule has 2 aromatic heterocycles. The summed E-state index contributed by atoms with van der Waals surface area (Å²) in [6, 6.07) is 7.63. The fourth-order valence-corrected chi connectivity index (χ4v) is 3.53. The Morgan fingerprint density at radius 1 is 1.30 bits per heavy atom. The number of carbonyl (C=O) groups excluding carboxylic acids is 1. The van der Waals surface area contributed by atoms with Gasteiger partial charge in [-0.2, -0.15) is 19.5 Å². The number of pyridine rings is 1. The summed E-state index contributed by atoms with van der Waals surface area (Å²) in [4.78, 5) is 47.2. The van der Waals surface area contributed by atoms with Gasteiger partial charge in [0.15, 0.2) is 0 Å². The van der Waals surface area contributed by atoms with E-state index in [0.717, 1.165) is 0 Å². The Morgan fingerprint density at radius 2 is 2.09 bits per heavy atom. The molecule has 1 aliphatic heterocycles. The molecule has 174 valence electrons. The monoisotopic (exact) mass is 480 g/mol. The summed E-state index contributed by atoms with van der Waals surface area (Å²) < 4.78 is 24.4. The average molecular weight is 480 g/mol. The first-order chi connectivity index (χ1) is 15.6. The summed E-state index contributed by atoms with van der Waals surface area (Å²) in [5.74, 6) is 0.320. The lowest BCUT2D eigenvalue weighted by molar-refractivity contribution is 0.0768. The van der Waals surface area contributed by atoms with E-state index in [9.17, 15) is 9.18 Å². The van der Waals surface area contributed by atoms with Crippen molar-refractivity contribution in [2.45, 2.75) is 6.10 Å². The zero-order valence-electron chi connectivity index (χ0n) is 17.5. The molecule has 3 heterocycles. The van der Waals surface area contributed by atoms with Gasteiger partial charge in [-0.15, -0.1) is 9.62 Å². The van der Waals surface area contributed by atoms with E-state index >= 15 is 0 Å². The van der Waals surface area contributed by atoms with Crippen LogP contribution >= 0.6 is 8.17 Å². The lowest BCUT2D eigenvalue weighted by Crippen LogP contribution is -2.26. The molecule has 0 aliphatic carbocycles. The van der Waals surface area contributed by atoms with Crippen LogP contribution < -0.4 is 9.80 Å². The lowest BCUT2D eigenvalue weighted by Gasteiger charge is -2.15. The van der Waals surface area contributed by atoms with Crippen molar-refractivity contribution < 1.29 is 33.1 Å². The maximum atomic E-state index is 14.9. The van der Waals surface area contributed by atoms with Gasteiger partial charge in [0, 0.05) is 24.4 Å². The molecule has 1 aliphatic rings. The first-order valence-corrected chi connectivity index (χ1v) is 11.1. The number of carbonyl (C=O) groups is 1. The number of benzene rings is 1. The van der Waals surface area contributed by atoms with E-state index in [1.165, 1.54) is 28.0 Å². The molecule has 3 N–H and O–H groups in total. The number of amides is 1. The van der Waals surface area contributed by atoms with Gasteiger partial charge < -0.3 is 4.74 Å². The summed E-state index contributed by atoms with van der Waals surface area (Å²) in [5.41, 5.74) is 1.05. The van der Waals surface area contributed by atoms with Gasteiger partial charge in [-0.05, 0) is 35.5 Å². The van der Waals surface area contributed by atoms with Crippen molar-refractivity contribution in [1.82, 2.24) is 25.2 Å². The smallest absolute Gasteiger partial charge is 0.441 e. The molecule has 1 aromatic carbocycles. The van der Waals surface area contributed by atoms with Crippen molar-refractivity contribution in [1.29, 1.82) is 0 Å². The molecule has 0 radical (unpaired) electrons. The quantitative estimate of drug-likeness (QED) is 0.417. The van der Waals surface area contributed by atoms with Crippen molar-refractivity contribution in [3.8, 4) is 11.1 Å². The molecular formula is C18H20FN7O6P+. The second-order valence-electron chi connectivity index (χ2n) is 7.13. The van der Waals surface area contributed by atoms with Gasteiger partial charge in [-0.1, -0.05) is 5.10 Å². The minimum atomic E-state index is -4.44. The van der Waals surface area contributed by atoms with E-state index in [1.807, 2.05) is 0 Å². The number of cyclic esters (lactones) is 1. The van der Waals surface area contributed by atoms with Gasteiger partial charge >= 0.3 is 14.3 Å². The van der Waals surface area contributed by atoms with Crippen LogP contribution in [0.3, 0.4) is 0 Å². The number of tetrazole rings is 1. The van der Waals surface area contributed by atoms with E-state index < -0.39 is 32.8 Å². The first-order valence-electron chi connectivity index (χ1n) is 9.54.